The molecular formula is C23H23N7OS. The highest BCUT2D eigenvalue weighted by molar-refractivity contribution is 8.13. The molecule has 1 aliphatic heterocycles. The summed E-state index contributed by atoms with van der Waals surface area (Å²) in [4.78, 5) is 16.0. The van der Waals surface area contributed by atoms with Crippen LogP contribution in [0.1, 0.15) is 0 Å². The Bertz CT molecular complexity index is 1220. The molecule has 1 N–H and O–H groups in total. The van der Waals surface area contributed by atoms with Crippen LogP contribution < -0.4 is 10.2 Å². The Morgan fingerprint density at radius 3 is 2.69 bits per heavy atom. The van der Waals surface area contributed by atoms with Gasteiger partial charge in [-0.25, -0.2) is 14.5 Å². The number of pyridine rings is 1. The third-order valence-corrected chi connectivity index (χ3v) is 5.72. The molecule has 9 heteroatoms. The number of morpholine rings is 1. The number of aliphatic imine (C=N–C) groups is 1. The summed E-state index contributed by atoms with van der Waals surface area (Å²) in [6.07, 6.45) is 7.47. The van der Waals surface area contributed by atoms with Crippen LogP contribution in [0.5, 0.6) is 0 Å². The molecule has 0 saturated carbocycles. The topological polar surface area (TPSA) is 79.9 Å². The summed E-state index contributed by atoms with van der Waals surface area (Å²) in [5, 5.41) is 8.80. The molecule has 8 nitrogen and oxygen atoms in total. The van der Waals surface area contributed by atoms with Gasteiger partial charge < -0.3 is 15.0 Å². The van der Waals surface area contributed by atoms with Crippen molar-refractivity contribution in [3.05, 3.63) is 67.1 Å². The van der Waals surface area contributed by atoms with E-state index in [1.807, 2.05) is 65.5 Å². The third-order valence-electron chi connectivity index (χ3n) is 5.14. The highest BCUT2D eigenvalue weighted by Gasteiger charge is 2.18. The van der Waals surface area contributed by atoms with Crippen LogP contribution in [0, 0.1) is 0 Å². The van der Waals surface area contributed by atoms with Gasteiger partial charge in [-0.15, -0.1) is 5.10 Å². The average Bonchev–Trinajstić information content (AvgIpc) is 3.33. The lowest BCUT2D eigenvalue weighted by Crippen LogP contribution is -2.37. The van der Waals surface area contributed by atoms with Gasteiger partial charge >= 0.3 is 0 Å². The summed E-state index contributed by atoms with van der Waals surface area (Å²) in [5.74, 6) is 1.63. The molecule has 32 heavy (non-hydrogen) atoms. The van der Waals surface area contributed by atoms with E-state index in [1.165, 1.54) is 0 Å². The molecular weight excluding hydrogens is 422 g/mol. The first kappa shape index (κ1) is 20.5. The molecule has 0 atom stereocenters. The highest BCUT2D eigenvalue weighted by atomic mass is 32.2. The van der Waals surface area contributed by atoms with Crippen molar-refractivity contribution in [1.82, 2.24) is 19.6 Å². The lowest BCUT2D eigenvalue weighted by Gasteiger charge is -2.28. The summed E-state index contributed by atoms with van der Waals surface area (Å²) in [6, 6.07) is 15.9. The zero-order chi connectivity index (χ0) is 21.8. The van der Waals surface area contributed by atoms with Crippen LogP contribution in [0.3, 0.4) is 0 Å². The number of fused-ring (bicyclic) bond motifs is 1. The van der Waals surface area contributed by atoms with Crippen LogP contribution in [0.15, 0.2) is 72.1 Å². The minimum atomic E-state index is 0.685. The molecule has 1 fully saturated rings. The van der Waals surface area contributed by atoms with Gasteiger partial charge in [-0.05, 0) is 54.8 Å². The summed E-state index contributed by atoms with van der Waals surface area (Å²) in [5.41, 5.74) is 3.70. The number of thioether (sulfide) groups is 1. The van der Waals surface area contributed by atoms with Gasteiger partial charge in [0.2, 0.25) is 0 Å². The van der Waals surface area contributed by atoms with Crippen LogP contribution in [-0.4, -0.2) is 57.3 Å². The fourth-order valence-electron chi connectivity index (χ4n) is 3.54. The summed E-state index contributed by atoms with van der Waals surface area (Å²) >= 11 is 1.55. The summed E-state index contributed by atoms with van der Waals surface area (Å²) in [6.45, 7) is 3.08. The molecule has 1 aliphatic rings. The molecule has 0 unspecified atom stereocenters. The Balaban J connectivity index is 1.42. The molecule has 1 saturated heterocycles. The van der Waals surface area contributed by atoms with Crippen molar-refractivity contribution in [2.75, 3.05) is 42.8 Å². The first-order chi connectivity index (χ1) is 15.8. The number of amidine groups is 1. The molecule has 0 bridgehead atoms. The van der Waals surface area contributed by atoms with Crippen LogP contribution in [0.25, 0.3) is 16.9 Å². The number of hydrogen-bond acceptors (Lipinski definition) is 7. The van der Waals surface area contributed by atoms with E-state index in [9.17, 15) is 0 Å². The van der Waals surface area contributed by atoms with Crippen LogP contribution >= 0.6 is 11.8 Å². The predicted octanol–water partition coefficient (Wildman–Crippen LogP) is 4.09. The van der Waals surface area contributed by atoms with Crippen LogP contribution in [-0.2, 0) is 4.74 Å². The van der Waals surface area contributed by atoms with Crippen molar-refractivity contribution < 1.29 is 4.74 Å². The van der Waals surface area contributed by atoms with Gasteiger partial charge in [0.05, 0.1) is 30.8 Å². The van der Waals surface area contributed by atoms with Crippen LogP contribution in [0.2, 0.25) is 0 Å². The second-order valence-corrected chi connectivity index (χ2v) is 8.03. The number of nitrogens with one attached hydrogen (secondary N) is 1. The van der Waals surface area contributed by atoms with Crippen molar-refractivity contribution in [2.45, 2.75) is 0 Å². The van der Waals surface area contributed by atoms with Crippen molar-refractivity contribution in [1.29, 1.82) is 0 Å². The molecule has 4 aromatic rings. The Hall–Kier alpha value is -3.43. The van der Waals surface area contributed by atoms with Gasteiger partial charge in [-0.3, -0.25) is 4.98 Å². The van der Waals surface area contributed by atoms with Crippen molar-refractivity contribution >= 4 is 39.6 Å². The van der Waals surface area contributed by atoms with E-state index in [-0.39, 0.29) is 0 Å². The number of benzene rings is 1. The number of nitrogens with zero attached hydrogens (tertiary/aromatic N) is 6. The lowest BCUT2D eigenvalue weighted by atomic mass is 10.2. The third kappa shape index (κ3) is 4.44. The number of hydrogen-bond donors (Lipinski definition) is 1. The highest BCUT2D eigenvalue weighted by Crippen LogP contribution is 2.26. The quantitative estimate of drug-likeness (QED) is 0.374. The van der Waals surface area contributed by atoms with Gasteiger partial charge in [0.1, 0.15) is 5.52 Å². The molecule has 162 valence electrons. The van der Waals surface area contributed by atoms with Gasteiger partial charge in [0.15, 0.2) is 16.8 Å². The molecule has 0 spiro atoms. The first-order valence-corrected chi connectivity index (χ1v) is 11.6. The van der Waals surface area contributed by atoms with Gasteiger partial charge in [0, 0.05) is 31.0 Å². The largest absolute Gasteiger partial charge is 0.378 e. The maximum absolute atomic E-state index is 5.51. The molecule has 0 aliphatic carbocycles. The zero-order valence-corrected chi connectivity index (χ0v) is 18.5. The van der Waals surface area contributed by atoms with E-state index in [0.717, 1.165) is 46.5 Å². The Morgan fingerprint density at radius 2 is 1.94 bits per heavy atom. The summed E-state index contributed by atoms with van der Waals surface area (Å²) in [7, 11) is 0. The van der Waals surface area contributed by atoms with Crippen LogP contribution in [0.4, 0.5) is 17.2 Å². The van der Waals surface area contributed by atoms with E-state index in [2.05, 4.69) is 15.2 Å². The fourth-order valence-corrected chi connectivity index (χ4v) is 3.95. The van der Waals surface area contributed by atoms with Crippen molar-refractivity contribution in [3.8, 4) is 11.4 Å². The van der Waals surface area contributed by atoms with E-state index in [1.54, 1.807) is 24.2 Å². The molecule has 0 amide bonds. The minimum absolute atomic E-state index is 0.685. The van der Waals surface area contributed by atoms with Crippen molar-refractivity contribution in [2.24, 2.45) is 4.99 Å². The first-order valence-electron chi connectivity index (χ1n) is 10.4. The lowest BCUT2D eigenvalue weighted by molar-refractivity contribution is 0.122. The number of aromatic nitrogens is 4. The summed E-state index contributed by atoms with van der Waals surface area (Å²) < 4.78 is 7.40. The van der Waals surface area contributed by atoms with E-state index in [4.69, 9.17) is 19.8 Å². The molecule has 5 rings (SSSR count). The van der Waals surface area contributed by atoms with E-state index < -0.39 is 0 Å². The normalized spacial score (nSPS) is 14.7. The minimum Gasteiger partial charge on any atom is -0.378 e. The Labute approximate surface area is 190 Å². The SMILES string of the molecule is CSC(=Nc1ccc(-c2nc(N3CCOCC3)c3cccn3n2)cc1)Nc1cccnc1. The maximum atomic E-state index is 5.51. The Kier molecular flexibility index (Phi) is 6.00. The monoisotopic (exact) mass is 445 g/mol. The molecule has 4 heterocycles. The molecule has 0 radical (unpaired) electrons. The second-order valence-electron chi connectivity index (χ2n) is 7.23. The van der Waals surface area contributed by atoms with Gasteiger partial charge in [-0.2, -0.15) is 0 Å². The second kappa shape index (κ2) is 9.37. The van der Waals surface area contributed by atoms with E-state index >= 15 is 0 Å². The zero-order valence-electron chi connectivity index (χ0n) is 17.7. The van der Waals surface area contributed by atoms with Crippen molar-refractivity contribution in [3.63, 3.8) is 0 Å². The van der Waals surface area contributed by atoms with Gasteiger partial charge in [0.25, 0.3) is 0 Å². The fraction of sp³-hybridized carbons (Fsp3) is 0.217. The maximum Gasteiger partial charge on any atom is 0.182 e. The van der Waals surface area contributed by atoms with E-state index in [0.29, 0.717) is 19.0 Å². The average molecular weight is 446 g/mol. The van der Waals surface area contributed by atoms with Gasteiger partial charge in [-0.1, -0.05) is 11.8 Å². The smallest absolute Gasteiger partial charge is 0.182 e. The number of rotatable bonds is 4. The number of anilines is 2. The molecule has 3 aromatic heterocycles. The number of ether oxygens (including phenoxy) is 1. The molecule has 1 aromatic carbocycles. The Morgan fingerprint density at radius 1 is 1.09 bits per heavy atom. The standard InChI is InChI=1S/C23H23N7OS/c1-32-23(26-19-4-2-10-24-16-19)25-18-8-6-17(7-9-18)21-27-22(29-12-14-31-15-13-29)20-5-3-11-30(20)28-21/h2-11,16H,12-15H2,1H3,(H,25,26). The predicted molar refractivity (Wildman–Crippen MR) is 130 cm³/mol.